The van der Waals surface area contributed by atoms with Crippen molar-refractivity contribution < 1.29 is 0 Å². The fourth-order valence-corrected chi connectivity index (χ4v) is 3.00. The molecule has 5 heteroatoms. The number of rotatable bonds is 11. The Morgan fingerprint density at radius 3 is 2.73 bits per heavy atom. The molecule has 2 N–H and O–H groups in total. The lowest BCUT2D eigenvalue weighted by Gasteiger charge is -2.14. The highest BCUT2D eigenvalue weighted by Gasteiger charge is 2.06. The van der Waals surface area contributed by atoms with Crippen molar-refractivity contribution in [1.29, 1.82) is 0 Å². The number of hydrogen-bond acceptors (Lipinski definition) is 3. The normalized spacial score (nSPS) is 10.5. The van der Waals surface area contributed by atoms with Gasteiger partial charge in [0.1, 0.15) is 4.99 Å². The third-order valence-corrected chi connectivity index (χ3v) is 4.78. The van der Waals surface area contributed by atoms with Gasteiger partial charge < -0.3 is 10.6 Å². The number of aryl methyl sites for hydroxylation is 1. The van der Waals surface area contributed by atoms with Crippen LogP contribution in [0.2, 0.25) is 0 Å². The van der Waals surface area contributed by atoms with E-state index in [4.69, 9.17) is 23.8 Å². The first kappa shape index (κ1) is 19.6. The number of hydrogen-bond donors (Lipinski definition) is 2. The minimum absolute atomic E-state index is 0.729. The van der Waals surface area contributed by atoms with Crippen LogP contribution in [0.25, 0.3) is 0 Å². The summed E-state index contributed by atoms with van der Waals surface area (Å²) in [7, 11) is 0. The third kappa shape index (κ3) is 7.21. The van der Waals surface area contributed by atoms with E-state index in [0.717, 1.165) is 61.0 Å². The maximum Gasteiger partial charge on any atom is 0.106 e. The van der Waals surface area contributed by atoms with Crippen LogP contribution in [0.3, 0.4) is 0 Å². The van der Waals surface area contributed by atoms with E-state index in [1.165, 1.54) is 11.3 Å². The van der Waals surface area contributed by atoms with Gasteiger partial charge in [0.15, 0.2) is 0 Å². The summed E-state index contributed by atoms with van der Waals surface area (Å²) in [5, 5.41) is 6.87. The zero-order valence-electron chi connectivity index (χ0n) is 13.6. The van der Waals surface area contributed by atoms with E-state index in [-0.39, 0.29) is 0 Å². The molecule has 0 saturated heterocycles. The number of nitrogens with one attached hydrogen (secondary N) is 2. The summed E-state index contributed by atoms with van der Waals surface area (Å²) in [5.74, 6) is 1.89. The number of alkyl halides is 1. The van der Waals surface area contributed by atoms with Gasteiger partial charge >= 0.3 is 0 Å². The summed E-state index contributed by atoms with van der Waals surface area (Å²) >= 11 is 13.1. The highest BCUT2D eigenvalue weighted by Crippen LogP contribution is 2.19. The predicted octanol–water partition coefficient (Wildman–Crippen LogP) is 4.70. The van der Waals surface area contributed by atoms with E-state index < -0.39 is 0 Å². The number of benzene rings is 1. The van der Waals surface area contributed by atoms with Crippen LogP contribution in [-0.4, -0.2) is 36.0 Å². The minimum Gasteiger partial charge on any atom is -0.385 e. The summed E-state index contributed by atoms with van der Waals surface area (Å²) in [6.07, 6.45) is 6.42. The molecule has 1 rings (SSSR count). The van der Waals surface area contributed by atoms with Crippen molar-refractivity contribution in [3.05, 3.63) is 29.3 Å². The molecular formula is C17H27ClN2S2. The molecule has 0 atom stereocenters. The molecule has 0 heterocycles. The third-order valence-electron chi connectivity index (χ3n) is 3.44. The molecule has 0 spiro atoms. The molecule has 1 aromatic carbocycles. The molecule has 2 nitrogen and oxygen atoms in total. The Labute approximate surface area is 149 Å². The molecule has 0 aliphatic carbocycles. The van der Waals surface area contributed by atoms with Crippen molar-refractivity contribution >= 4 is 46.3 Å². The van der Waals surface area contributed by atoms with Crippen molar-refractivity contribution in [3.8, 4) is 0 Å². The average molecular weight is 359 g/mol. The zero-order valence-corrected chi connectivity index (χ0v) is 16.0. The molecule has 0 fully saturated rings. The highest BCUT2D eigenvalue weighted by atomic mass is 35.5. The van der Waals surface area contributed by atoms with Crippen LogP contribution in [0.4, 0.5) is 5.69 Å². The molecule has 1 aromatic rings. The van der Waals surface area contributed by atoms with Crippen LogP contribution in [0.5, 0.6) is 0 Å². The second kappa shape index (κ2) is 12.0. The molecule has 0 saturated carbocycles. The number of thiocarbonyl (C=S) groups is 1. The Hall–Kier alpha value is -0.450. The van der Waals surface area contributed by atoms with Crippen LogP contribution in [-0.2, 0) is 6.42 Å². The van der Waals surface area contributed by atoms with Crippen LogP contribution in [0.1, 0.15) is 37.3 Å². The largest absolute Gasteiger partial charge is 0.385 e. The first-order valence-electron chi connectivity index (χ1n) is 7.92. The first-order chi connectivity index (χ1) is 10.7. The van der Waals surface area contributed by atoms with Crippen molar-refractivity contribution in [1.82, 2.24) is 5.32 Å². The van der Waals surface area contributed by atoms with Gasteiger partial charge in [-0.15, -0.1) is 11.6 Å². The summed E-state index contributed by atoms with van der Waals surface area (Å²) in [6.45, 7) is 4.07. The van der Waals surface area contributed by atoms with E-state index in [1.54, 1.807) is 0 Å². The molecule has 0 radical (unpaired) electrons. The van der Waals surface area contributed by atoms with Gasteiger partial charge in [-0.05, 0) is 49.3 Å². The van der Waals surface area contributed by atoms with Gasteiger partial charge in [0.2, 0.25) is 0 Å². The molecule has 0 unspecified atom stereocenters. The van der Waals surface area contributed by atoms with Gasteiger partial charge in [0, 0.05) is 30.2 Å². The van der Waals surface area contributed by atoms with Gasteiger partial charge in [-0.25, -0.2) is 0 Å². The fraction of sp³-hybridized carbons (Fsp3) is 0.588. The Kier molecular flexibility index (Phi) is 10.7. The summed E-state index contributed by atoms with van der Waals surface area (Å²) in [4.78, 5) is 0.840. The number of anilines is 1. The highest BCUT2D eigenvalue weighted by molar-refractivity contribution is 7.98. The fourth-order valence-electron chi connectivity index (χ4n) is 2.15. The van der Waals surface area contributed by atoms with Crippen LogP contribution in [0.15, 0.2) is 18.2 Å². The van der Waals surface area contributed by atoms with Crippen molar-refractivity contribution in [2.45, 2.75) is 32.6 Å². The smallest absolute Gasteiger partial charge is 0.106 e. The minimum atomic E-state index is 0.729. The van der Waals surface area contributed by atoms with E-state index >= 15 is 0 Å². The molecular weight excluding hydrogens is 332 g/mol. The summed E-state index contributed by atoms with van der Waals surface area (Å²) < 4.78 is 0. The van der Waals surface area contributed by atoms with E-state index in [0.29, 0.717) is 0 Å². The zero-order chi connectivity index (χ0) is 16.2. The van der Waals surface area contributed by atoms with Crippen LogP contribution in [0, 0.1) is 0 Å². The lowest BCUT2D eigenvalue weighted by atomic mass is 10.1. The van der Waals surface area contributed by atoms with Crippen molar-refractivity contribution in [3.63, 3.8) is 0 Å². The van der Waals surface area contributed by atoms with Crippen molar-refractivity contribution in [2.24, 2.45) is 0 Å². The number of halogens is 1. The van der Waals surface area contributed by atoms with E-state index in [2.05, 4.69) is 42.0 Å². The SMILES string of the molecule is CCc1ccc(C(=S)NCCCSC)cc1NCCCCCl. The Balaban J connectivity index is 2.61. The first-order valence-corrected chi connectivity index (χ1v) is 10.3. The monoisotopic (exact) mass is 358 g/mol. The maximum absolute atomic E-state index is 5.72. The topological polar surface area (TPSA) is 24.1 Å². The van der Waals surface area contributed by atoms with Gasteiger partial charge in [-0.3, -0.25) is 0 Å². The lowest BCUT2D eigenvalue weighted by Crippen LogP contribution is -2.24. The maximum atomic E-state index is 5.72. The van der Waals surface area contributed by atoms with Crippen molar-refractivity contribution in [2.75, 3.05) is 36.3 Å². The molecule has 0 amide bonds. The quantitative estimate of drug-likeness (QED) is 0.340. The van der Waals surface area contributed by atoms with Gasteiger partial charge in [0.25, 0.3) is 0 Å². The molecule has 22 heavy (non-hydrogen) atoms. The standard InChI is InChI=1S/C17H27ClN2S2/c1-3-14-7-8-15(17(21)20-11-6-12-22-2)13-16(14)19-10-5-4-9-18/h7-8,13,19H,3-6,9-12H2,1-2H3,(H,20,21). The summed E-state index contributed by atoms with van der Waals surface area (Å²) in [6, 6.07) is 6.46. The Morgan fingerprint density at radius 1 is 1.23 bits per heavy atom. The van der Waals surface area contributed by atoms with Gasteiger partial charge in [-0.1, -0.05) is 31.3 Å². The second-order valence-electron chi connectivity index (χ2n) is 5.15. The number of unbranched alkanes of at least 4 members (excludes halogenated alkanes) is 1. The number of thioether (sulfide) groups is 1. The second-order valence-corrected chi connectivity index (χ2v) is 6.92. The van der Waals surface area contributed by atoms with Gasteiger partial charge in [0.05, 0.1) is 0 Å². The van der Waals surface area contributed by atoms with Crippen LogP contribution >= 0.6 is 35.6 Å². The summed E-state index contributed by atoms with van der Waals surface area (Å²) in [5.41, 5.74) is 3.62. The molecule has 0 aromatic heterocycles. The van der Waals surface area contributed by atoms with Crippen LogP contribution < -0.4 is 10.6 Å². The Morgan fingerprint density at radius 2 is 2.05 bits per heavy atom. The molecule has 0 bridgehead atoms. The molecule has 0 aliphatic rings. The average Bonchev–Trinajstić information content (AvgIpc) is 2.55. The Bertz CT molecular complexity index is 452. The van der Waals surface area contributed by atoms with Gasteiger partial charge in [-0.2, -0.15) is 11.8 Å². The predicted molar refractivity (Wildman–Crippen MR) is 107 cm³/mol. The van der Waals surface area contributed by atoms with E-state index in [9.17, 15) is 0 Å². The van der Waals surface area contributed by atoms with E-state index in [1.807, 2.05) is 11.8 Å². The molecule has 0 aliphatic heterocycles. The molecule has 124 valence electrons. The lowest BCUT2D eigenvalue weighted by molar-refractivity contribution is 0.837.